The Hall–Kier alpha value is -1.81. The van der Waals surface area contributed by atoms with Crippen molar-refractivity contribution in [3.8, 4) is 0 Å². The molecule has 19 heavy (non-hydrogen) atoms. The van der Waals surface area contributed by atoms with Gasteiger partial charge in [-0.25, -0.2) is 8.78 Å². The molecule has 2 rings (SSSR count). The first-order valence-electron chi connectivity index (χ1n) is 6.22. The molecule has 0 spiro atoms. The summed E-state index contributed by atoms with van der Waals surface area (Å²) in [5.41, 5.74) is 1.70. The molecule has 0 amide bonds. The highest BCUT2D eigenvalue weighted by atomic mass is 19.1. The van der Waals surface area contributed by atoms with E-state index >= 15 is 0 Å². The standard InChI is InChI=1S/C15H16F2N2/c1-3-19-15(11-7-12(16)9-18-8-11)13-6-4-5-10(2)14(13)17/h4-9,15,19H,3H2,1-2H3. The van der Waals surface area contributed by atoms with Crippen molar-refractivity contribution >= 4 is 0 Å². The molecule has 0 aliphatic carbocycles. The first-order chi connectivity index (χ1) is 9.13. The lowest BCUT2D eigenvalue weighted by molar-refractivity contribution is 0.548. The molecule has 2 aromatic rings. The molecule has 0 aliphatic heterocycles. The SMILES string of the molecule is CCNC(c1cncc(F)c1)c1cccc(C)c1F. The van der Waals surface area contributed by atoms with Crippen LogP contribution in [0.25, 0.3) is 0 Å². The molecule has 2 nitrogen and oxygen atoms in total. The third-order valence-corrected chi connectivity index (χ3v) is 3.00. The van der Waals surface area contributed by atoms with E-state index in [4.69, 9.17) is 0 Å². The molecule has 1 unspecified atom stereocenters. The molecule has 100 valence electrons. The maximum Gasteiger partial charge on any atom is 0.141 e. The minimum atomic E-state index is -0.423. The predicted octanol–water partition coefficient (Wildman–Crippen LogP) is 3.37. The molecule has 0 bridgehead atoms. The van der Waals surface area contributed by atoms with E-state index in [1.54, 1.807) is 31.3 Å². The minimum Gasteiger partial charge on any atom is -0.306 e. The van der Waals surface area contributed by atoms with Gasteiger partial charge in [-0.1, -0.05) is 25.1 Å². The maximum atomic E-state index is 14.2. The van der Waals surface area contributed by atoms with Crippen LogP contribution in [0.1, 0.15) is 29.7 Å². The molecule has 0 aliphatic rings. The summed E-state index contributed by atoms with van der Waals surface area (Å²) >= 11 is 0. The third-order valence-electron chi connectivity index (χ3n) is 3.00. The Morgan fingerprint density at radius 3 is 2.74 bits per heavy atom. The summed E-state index contributed by atoms with van der Waals surface area (Å²) in [6.45, 7) is 4.29. The molecular weight excluding hydrogens is 246 g/mol. The van der Waals surface area contributed by atoms with Crippen molar-refractivity contribution in [3.05, 3.63) is 65.0 Å². The normalized spacial score (nSPS) is 12.4. The van der Waals surface area contributed by atoms with Crippen LogP contribution in [0.4, 0.5) is 8.78 Å². The van der Waals surface area contributed by atoms with Gasteiger partial charge in [0.15, 0.2) is 0 Å². The highest BCUT2D eigenvalue weighted by molar-refractivity contribution is 5.34. The van der Waals surface area contributed by atoms with Gasteiger partial charge in [-0.15, -0.1) is 0 Å². The fraction of sp³-hybridized carbons (Fsp3) is 0.267. The van der Waals surface area contributed by atoms with Gasteiger partial charge in [0, 0.05) is 11.8 Å². The van der Waals surface area contributed by atoms with Crippen LogP contribution in [-0.2, 0) is 0 Å². The van der Waals surface area contributed by atoms with Crippen LogP contribution >= 0.6 is 0 Å². The quantitative estimate of drug-likeness (QED) is 0.913. The molecule has 0 radical (unpaired) electrons. The predicted molar refractivity (Wildman–Crippen MR) is 70.9 cm³/mol. The Kier molecular flexibility index (Phi) is 4.22. The molecule has 4 heteroatoms. The van der Waals surface area contributed by atoms with Crippen molar-refractivity contribution in [2.75, 3.05) is 6.54 Å². The average molecular weight is 262 g/mol. The van der Waals surface area contributed by atoms with Gasteiger partial charge in [0.05, 0.1) is 12.2 Å². The number of hydrogen-bond donors (Lipinski definition) is 1. The monoisotopic (exact) mass is 262 g/mol. The first-order valence-corrected chi connectivity index (χ1v) is 6.22. The van der Waals surface area contributed by atoms with E-state index in [0.717, 1.165) is 6.20 Å². The van der Waals surface area contributed by atoms with Gasteiger partial charge < -0.3 is 5.32 Å². The maximum absolute atomic E-state index is 14.2. The summed E-state index contributed by atoms with van der Waals surface area (Å²) in [6.07, 6.45) is 2.69. The third kappa shape index (κ3) is 2.96. The van der Waals surface area contributed by atoms with E-state index in [2.05, 4.69) is 10.3 Å². The van der Waals surface area contributed by atoms with Crippen LogP contribution in [0.2, 0.25) is 0 Å². The Balaban J connectivity index is 2.48. The van der Waals surface area contributed by atoms with Gasteiger partial charge in [-0.05, 0) is 30.7 Å². The molecule has 0 saturated carbocycles. The Bertz CT molecular complexity index is 570. The number of halogens is 2. The highest BCUT2D eigenvalue weighted by Crippen LogP contribution is 2.25. The number of aryl methyl sites for hydroxylation is 1. The Morgan fingerprint density at radius 1 is 1.26 bits per heavy atom. The van der Waals surface area contributed by atoms with E-state index < -0.39 is 11.9 Å². The van der Waals surface area contributed by atoms with Gasteiger partial charge in [-0.3, -0.25) is 4.98 Å². The molecule has 0 saturated heterocycles. The van der Waals surface area contributed by atoms with Gasteiger partial charge >= 0.3 is 0 Å². The molecule has 1 aromatic carbocycles. The molecule has 0 fully saturated rings. The topological polar surface area (TPSA) is 24.9 Å². The van der Waals surface area contributed by atoms with E-state index in [-0.39, 0.29) is 5.82 Å². The Morgan fingerprint density at radius 2 is 2.05 bits per heavy atom. The van der Waals surface area contributed by atoms with Crippen molar-refractivity contribution in [1.29, 1.82) is 0 Å². The molecule has 1 atom stereocenters. The number of nitrogens with zero attached hydrogens (tertiary/aromatic N) is 1. The number of rotatable bonds is 4. The summed E-state index contributed by atoms with van der Waals surface area (Å²) in [6, 6.07) is 6.20. The largest absolute Gasteiger partial charge is 0.306 e. The van der Waals surface area contributed by atoms with Crippen LogP contribution in [0.15, 0.2) is 36.7 Å². The van der Waals surface area contributed by atoms with E-state index in [1.165, 1.54) is 6.07 Å². The van der Waals surface area contributed by atoms with Crippen LogP contribution in [0.3, 0.4) is 0 Å². The van der Waals surface area contributed by atoms with Gasteiger partial charge in [0.2, 0.25) is 0 Å². The van der Waals surface area contributed by atoms with E-state index in [0.29, 0.717) is 23.2 Å². The van der Waals surface area contributed by atoms with E-state index in [1.807, 2.05) is 6.92 Å². The van der Waals surface area contributed by atoms with Crippen LogP contribution in [0.5, 0.6) is 0 Å². The van der Waals surface area contributed by atoms with Crippen molar-refractivity contribution in [2.45, 2.75) is 19.9 Å². The number of hydrogen-bond acceptors (Lipinski definition) is 2. The molecule has 1 aromatic heterocycles. The summed E-state index contributed by atoms with van der Waals surface area (Å²) in [7, 11) is 0. The number of pyridine rings is 1. The van der Waals surface area contributed by atoms with Gasteiger partial charge in [0.25, 0.3) is 0 Å². The molecular formula is C15H16F2N2. The van der Waals surface area contributed by atoms with Crippen molar-refractivity contribution in [1.82, 2.24) is 10.3 Å². The first kappa shape index (κ1) is 13.6. The van der Waals surface area contributed by atoms with Gasteiger partial charge in [0.1, 0.15) is 11.6 Å². The minimum absolute atomic E-state index is 0.266. The summed E-state index contributed by atoms with van der Waals surface area (Å²) in [4.78, 5) is 3.83. The lowest BCUT2D eigenvalue weighted by Crippen LogP contribution is -2.23. The second-order valence-corrected chi connectivity index (χ2v) is 4.41. The zero-order chi connectivity index (χ0) is 13.8. The zero-order valence-electron chi connectivity index (χ0n) is 11.0. The fourth-order valence-electron chi connectivity index (χ4n) is 2.09. The van der Waals surface area contributed by atoms with Gasteiger partial charge in [-0.2, -0.15) is 0 Å². The second-order valence-electron chi connectivity index (χ2n) is 4.41. The lowest BCUT2D eigenvalue weighted by Gasteiger charge is -2.20. The van der Waals surface area contributed by atoms with E-state index in [9.17, 15) is 8.78 Å². The second kappa shape index (κ2) is 5.89. The highest BCUT2D eigenvalue weighted by Gasteiger charge is 2.18. The Labute approximate surface area is 111 Å². The summed E-state index contributed by atoms with van der Waals surface area (Å²) < 4.78 is 27.5. The number of aromatic nitrogens is 1. The van der Waals surface area contributed by atoms with Crippen LogP contribution < -0.4 is 5.32 Å². The zero-order valence-corrected chi connectivity index (χ0v) is 11.0. The van der Waals surface area contributed by atoms with Crippen molar-refractivity contribution in [2.24, 2.45) is 0 Å². The average Bonchev–Trinajstić information content (AvgIpc) is 2.40. The number of benzene rings is 1. The molecule has 1 heterocycles. The van der Waals surface area contributed by atoms with Crippen molar-refractivity contribution < 1.29 is 8.78 Å². The summed E-state index contributed by atoms with van der Waals surface area (Å²) in [5, 5.41) is 3.16. The molecule has 1 N–H and O–H groups in total. The summed E-state index contributed by atoms with van der Waals surface area (Å²) in [5.74, 6) is -0.689. The lowest BCUT2D eigenvalue weighted by atomic mass is 9.97. The smallest absolute Gasteiger partial charge is 0.141 e. The number of nitrogens with one attached hydrogen (secondary N) is 1. The van der Waals surface area contributed by atoms with Crippen molar-refractivity contribution in [3.63, 3.8) is 0 Å². The fourth-order valence-corrected chi connectivity index (χ4v) is 2.09. The van der Waals surface area contributed by atoms with Crippen LogP contribution in [-0.4, -0.2) is 11.5 Å². The van der Waals surface area contributed by atoms with Crippen LogP contribution in [0, 0.1) is 18.6 Å².